The van der Waals surface area contributed by atoms with Crippen LogP contribution in [0.15, 0.2) is 40.4 Å². The van der Waals surface area contributed by atoms with Crippen molar-refractivity contribution in [3.05, 3.63) is 40.6 Å². The summed E-state index contributed by atoms with van der Waals surface area (Å²) in [5.74, 6) is 0.424. The standard InChI is InChI=1S/C12H10N6O2S/c1-13-12-15-10-7(6-14-17-10)11(16-12)21-9-5-3-2-4-8(9)18(19)20/h2-6H,1H3,(H2,13,14,15,16,17). The van der Waals surface area contributed by atoms with Crippen LogP contribution >= 0.6 is 11.8 Å². The third-order valence-corrected chi connectivity index (χ3v) is 3.84. The summed E-state index contributed by atoms with van der Waals surface area (Å²) in [6.07, 6.45) is 1.60. The first-order valence-electron chi connectivity index (χ1n) is 5.99. The van der Waals surface area contributed by atoms with Crippen LogP contribution < -0.4 is 5.32 Å². The predicted octanol–water partition coefficient (Wildman–Crippen LogP) is 2.45. The van der Waals surface area contributed by atoms with Crippen molar-refractivity contribution >= 4 is 34.4 Å². The van der Waals surface area contributed by atoms with Crippen molar-refractivity contribution in [2.45, 2.75) is 9.92 Å². The summed E-state index contributed by atoms with van der Waals surface area (Å²) in [6, 6.07) is 6.54. The number of hydrogen-bond acceptors (Lipinski definition) is 7. The van der Waals surface area contributed by atoms with Gasteiger partial charge in [-0.3, -0.25) is 15.2 Å². The topological polar surface area (TPSA) is 110 Å². The van der Waals surface area contributed by atoms with Gasteiger partial charge in [-0.1, -0.05) is 23.9 Å². The third kappa shape index (κ3) is 2.50. The van der Waals surface area contributed by atoms with E-state index >= 15 is 0 Å². The van der Waals surface area contributed by atoms with E-state index in [1.807, 2.05) is 0 Å². The molecule has 2 heterocycles. The van der Waals surface area contributed by atoms with Gasteiger partial charge in [-0.25, -0.2) is 4.98 Å². The Kier molecular flexibility index (Phi) is 3.40. The molecule has 0 fully saturated rings. The van der Waals surface area contributed by atoms with Crippen LogP contribution in [0.5, 0.6) is 0 Å². The minimum Gasteiger partial charge on any atom is -0.357 e. The molecule has 0 atom stereocenters. The number of nitrogens with zero attached hydrogens (tertiary/aromatic N) is 4. The Morgan fingerprint density at radius 1 is 1.33 bits per heavy atom. The molecular formula is C12H10N6O2S. The summed E-state index contributed by atoms with van der Waals surface area (Å²) >= 11 is 1.21. The van der Waals surface area contributed by atoms with Crippen LogP contribution in [0.1, 0.15) is 0 Å². The number of para-hydroxylation sites is 1. The Hall–Kier alpha value is -2.68. The van der Waals surface area contributed by atoms with E-state index in [4.69, 9.17) is 0 Å². The quantitative estimate of drug-likeness (QED) is 0.432. The van der Waals surface area contributed by atoms with Crippen molar-refractivity contribution in [2.75, 3.05) is 12.4 Å². The van der Waals surface area contributed by atoms with Crippen LogP contribution in [0, 0.1) is 10.1 Å². The molecule has 0 saturated heterocycles. The van der Waals surface area contributed by atoms with Crippen LogP contribution in [0.2, 0.25) is 0 Å². The molecular weight excluding hydrogens is 292 g/mol. The van der Waals surface area contributed by atoms with Gasteiger partial charge in [-0.05, 0) is 6.07 Å². The molecule has 0 spiro atoms. The lowest BCUT2D eigenvalue weighted by Gasteiger charge is -2.05. The van der Waals surface area contributed by atoms with Crippen LogP contribution in [0.3, 0.4) is 0 Å². The average molecular weight is 302 g/mol. The van der Waals surface area contributed by atoms with Gasteiger partial charge in [0.2, 0.25) is 5.95 Å². The van der Waals surface area contributed by atoms with Gasteiger partial charge in [-0.15, -0.1) is 0 Å². The summed E-state index contributed by atoms with van der Waals surface area (Å²) in [5.41, 5.74) is 0.624. The molecule has 21 heavy (non-hydrogen) atoms. The molecule has 0 aliphatic heterocycles. The normalized spacial score (nSPS) is 10.7. The average Bonchev–Trinajstić information content (AvgIpc) is 2.96. The smallest absolute Gasteiger partial charge is 0.283 e. The SMILES string of the molecule is CNc1nc(Sc2ccccc2[N+](=O)[O-])c2cn[nH]c2n1. The fourth-order valence-corrected chi connectivity index (χ4v) is 2.79. The van der Waals surface area contributed by atoms with Gasteiger partial charge in [0.1, 0.15) is 5.03 Å². The van der Waals surface area contributed by atoms with Gasteiger partial charge in [0.05, 0.1) is 21.4 Å². The first-order chi connectivity index (χ1) is 10.2. The van der Waals surface area contributed by atoms with E-state index in [2.05, 4.69) is 25.5 Å². The number of H-pyrrole nitrogens is 1. The summed E-state index contributed by atoms with van der Waals surface area (Å²) in [6.45, 7) is 0. The molecule has 0 saturated carbocycles. The van der Waals surface area contributed by atoms with E-state index in [0.29, 0.717) is 21.5 Å². The van der Waals surface area contributed by atoms with Crippen molar-refractivity contribution in [1.29, 1.82) is 0 Å². The van der Waals surface area contributed by atoms with Crippen molar-refractivity contribution < 1.29 is 4.92 Å². The minimum atomic E-state index is -0.408. The number of nitrogens with one attached hydrogen (secondary N) is 2. The first kappa shape index (κ1) is 13.3. The summed E-state index contributed by atoms with van der Waals surface area (Å²) in [7, 11) is 1.71. The van der Waals surface area contributed by atoms with Gasteiger partial charge in [-0.2, -0.15) is 10.1 Å². The van der Waals surface area contributed by atoms with Gasteiger partial charge < -0.3 is 5.32 Å². The Labute approximate surface area is 123 Å². The molecule has 0 radical (unpaired) electrons. The number of aromatic nitrogens is 4. The Morgan fingerprint density at radius 3 is 2.90 bits per heavy atom. The lowest BCUT2D eigenvalue weighted by molar-refractivity contribution is -0.387. The molecule has 1 aromatic carbocycles. The van der Waals surface area contributed by atoms with Crippen molar-refractivity contribution in [3.63, 3.8) is 0 Å². The minimum absolute atomic E-state index is 0.0452. The maximum atomic E-state index is 11.1. The number of hydrogen-bond donors (Lipinski definition) is 2. The number of benzene rings is 1. The molecule has 3 aromatic rings. The molecule has 0 unspecified atom stereocenters. The highest BCUT2D eigenvalue weighted by Gasteiger charge is 2.17. The molecule has 8 nitrogen and oxygen atoms in total. The van der Waals surface area contributed by atoms with Gasteiger partial charge >= 0.3 is 0 Å². The maximum absolute atomic E-state index is 11.1. The van der Waals surface area contributed by atoms with Crippen LogP contribution in [0.25, 0.3) is 11.0 Å². The summed E-state index contributed by atoms with van der Waals surface area (Å²) in [4.78, 5) is 19.8. The van der Waals surface area contributed by atoms with Crippen molar-refractivity contribution in [2.24, 2.45) is 0 Å². The van der Waals surface area contributed by atoms with Crippen LogP contribution in [0.4, 0.5) is 11.6 Å². The van der Waals surface area contributed by atoms with E-state index in [1.54, 1.807) is 31.4 Å². The predicted molar refractivity (Wildman–Crippen MR) is 78.4 cm³/mol. The third-order valence-electron chi connectivity index (χ3n) is 2.77. The number of nitro groups is 1. The van der Waals surface area contributed by atoms with E-state index < -0.39 is 4.92 Å². The monoisotopic (exact) mass is 302 g/mol. The Bertz CT molecular complexity index is 818. The Morgan fingerprint density at radius 2 is 2.14 bits per heavy atom. The first-order valence-corrected chi connectivity index (χ1v) is 6.81. The molecule has 3 rings (SSSR count). The van der Waals surface area contributed by atoms with Crippen molar-refractivity contribution in [3.8, 4) is 0 Å². The van der Waals surface area contributed by atoms with Gasteiger partial charge in [0.25, 0.3) is 5.69 Å². The van der Waals surface area contributed by atoms with Crippen molar-refractivity contribution in [1.82, 2.24) is 20.2 Å². The largest absolute Gasteiger partial charge is 0.357 e. The molecule has 2 aromatic heterocycles. The molecule has 0 bridgehead atoms. The summed E-state index contributed by atoms with van der Waals surface area (Å²) in [5, 5.41) is 22.0. The fraction of sp³-hybridized carbons (Fsp3) is 0.0833. The van der Waals surface area contributed by atoms with Gasteiger partial charge in [0.15, 0.2) is 5.65 Å². The number of rotatable bonds is 4. The van der Waals surface area contributed by atoms with E-state index in [9.17, 15) is 10.1 Å². The highest BCUT2D eigenvalue weighted by molar-refractivity contribution is 7.99. The molecule has 9 heteroatoms. The van der Waals surface area contributed by atoms with Crippen LogP contribution in [-0.2, 0) is 0 Å². The maximum Gasteiger partial charge on any atom is 0.283 e. The molecule has 0 aliphatic carbocycles. The van der Waals surface area contributed by atoms with E-state index in [1.165, 1.54) is 17.8 Å². The number of aromatic amines is 1. The second-order valence-electron chi connectivity index (χ2n) is 4.06. The zero-order chi connectivity index (χ0) is 14.8. The molecule has 0 amide bonds. The Balaban J connectivity index is 2.10. The van der Waals surface area contributed by atoms with Gasteiger partial charge in [0, 0.05) is 13.1 Å². The zero-order valence-electron chi connectivity index (χ0n) is 10.9. The lowest BCUT2D eigenvalue weighted by Crippen LogP contribution is -1.98. The zero-order valence-corrected chi connectivity index (χ0v) is 11.7. The highest BCUT2D eigenvalue weighted by Crippen LogP contribution is 2.36. The lowest BCUT2D eigenvalue weighted by atomic mass is 10.3. The highest BCUT2D eigenvalue weighted by atomic mass is 32.2. The summed E-state index contributed by atoms with van der Waals surface area (Å²) < 4.78 is 0. The second-order valence-corrected chi connectivity index (χ2v) is 5.09. The number of fused-ring (bicyclic) bond motifs is 1. The second kappa shape index (κ2) is 5.37. The molecule has 106 valence electrons. The fourth-order valence-electron chi connectivity index (χ4n) is 1.80. The van der Waals surface area contributed by atoms with E-state index in [-0.39, 0.29) is 5.69 Å². The number of nitro benzene ring substituents is 1. The van der Waals surface area contributed by atoms with Crippen LogP contribution in [-0.4, -0.2) is 32.1 Å². The van der Waals surface area contributed by atoms with E-state index in [0.717, 1.165) is 5.39 Å². The molecule has 2 N–H and O–H groups in total. The number of anilines is 1. The molecule has 0 aliphatic rings.